The molecule has 5 aromatic rings. The van der Waals surface area contributed by atoms with Crippen molar-refractivity contribution in [1.82, 2.24) is 19.4 Å². The van der Waals surface area contributed by atoms with Gasteiger partial charge in [0.25, 0.3) is 11.8 Å². The van der Waals surface area contributed by atoms with E-state index in [2.05, 4.69) is 14.6 Å². The number of aliphatic carboxylic acids is 2. The molecule has 2 amide bonds. The molecule has 300 valence electrons. The van der Waals surface area contributed by atoms with Gasteiger partial charge in [-0.15, -0.1) is 0 Å². The fraction of sp³-hybridized carbons (Fsp3) is 0.237. The van der Waals surface area contributed by atoms with Gasteiger partial charge in [-0.1, -0.05) is 12.1 Å². The zero-order valence-electron chi connectivity index (χ0n) is 30.1. The van der Waals surface area contributed by atoms with Crippen LogP contribution in [0.2, 0.25) is 0 Å². The second-order valence-electron chi connectivity index (χ2n) is 12.6. The minimum Gasteiger partial charge on any atom is -0.507 e. The van der Waals surface area contributed by atoms with Crippen LogP contribution in [0, 0.1) is 0 Å². The molecule has 2 aromatic heterocycles. The molecule has 6 rings (SSSR count). The highest BCUT2D eigenvalue weighted by Crippen LogP contribution is 2.34. The number of benzene rings is 3. The first-order chi connectivity index (χ1) is 26.9. The Labute approximate surface area is 320 Å². The Hall–Kier alpha value is -6.76. The maximum Gasteiger partial charge on any atom is 0.416 e. The Kier molecular flexibility index (Phi) is 12.6. The summed E-state index contributed by atoms with van der Waals surface area (Å²) in [6, 6.07) is 18.9. The second kappa shape index (κ2) is 17.4. The number of carboxylic acid groups (broad SMARTS) is 2. The number of alkyl halides is 5. The van der Waals surface area contributed by atoms with Gasteiger partial charge in [-0.3, -0.25) is 14.5 Å². The average molecular weight is 800 g/mol. The van der Waals surface area contributed by atoms with Crippen molar-refractivity contribution in [3.8, 4) is 23.1 Å². The van der Waals surface area contributed by atoms with Crippen molar-refractivity contribution in [2.24, 2.45) is 7.05 Å². The number of rotatable bonds is 9. The predicted molar refractivity (Wildman–Crippen MR) is 193 cm³/mol. The van der Waals surface area contributed by atoms with Gasteiger partial charge in [0.15, 0.2) is 0 Å². The lowest BCUT2D eigenvalue weighted by atomic mass is 10.1. The van der Waals surface area contributed by atoms with E-state index in [0.717, 1.165) is 33.5 Å². The summed E-state index contributed by atoms with van der Waals surface area (Å²) in [7, 11) is 3.22. The van der Waals surface area contributed by atoms with Gasteiger partial charge in [0.05, 0.1) is 23.0 Å². The first-order valence-electron chi connectivity index (χ1n) is 16.8. The van der Waals surface area contributed by atoms with Crippen LogP contribution in [0.3, 0.4) is 0 Å². The number of fused-ring (bicyclic) bond motifs is 1. The quantitative estimate of drug-likeness (QED) is 0.116. The molecule has 0 bridgehead atoms. The molecule has 1 fully saturated rings. The number of halogens is 5. The Morgan fingerprint density at radius 2 is 1.51 bits per heavy atom. The molecule has 14 nitrogen and oxygen atoms in total. The van der Waals surface area contributed by atoms with E-state index in [1.165, 1.54) is 31.4 Å². The molecule has 3 aromatic carbocycles. The smallest absolute Gasteiger partial charge is 0.416 e. The maximum atomic E-state index is 13.5. The number of phenolic OH excluding ortho intramolecular Hbond substituents is 1. The predicted octanol–water partition coefficient (Wildman–Crippen LogP) is 6.08. The Morgan fingerprint density at radius 1 is 0.860 bits per heavy atom. The third-order valence-electron chi connectivity index (χ3n) is 8.82. The number of ether oxygens (including phenoxy) is 2. The highest BCUT2D eigenvalue weighted by atomic mass is 19.4. The van der Waals surface area contributed by atoms with Crippen LogP contribution in [0.1, 0.15) is 32.0 Å². The number of hydrogen-bond acceptors (Lipinski definition) is 9. The van der Waals surface area contributed by atoms with E-state index in [0.29, 0.717) is 55.9 Å². The number of carbonyl (C=O) groups is 4. The number of aromatic nitrogens is 2. The summed E-state index contributed by atoms with van der Waals surface area (Å²) in [5.74, 6) is -4.51. The third kappa shape index (κ3) is 10.3. The lowest BCUT2D eigenvalue weighted by Crippen LogP contribution is -2.48. The number of carboxylic acids is 2. The van der Waals surface area contributed by atoms with Gasteiger partial charge in [-0.05, 0) is 66.2 Å². The number of anilines is 1. The van der Waals surface area contributed by atoms with Crippen LogP contribution in [0.4, 0.5) is 27.6 Å². The number of piperazine rings is 1. The molecular weight excluding hydrogens is 765 g/mol. The van der Waals surface area contributed by atoms with E-state index in [-0.39, 0.29) is 23.1 Å². The van der Waals surface area contributed by atoms with E-state index in [1.54, 1.807) is 41.3 Å². The van der Waals surface area contributed by atoms with Crippen molar-refractivity contribution in [2.45, 2.75) is 19.3 Å². The van der Waals surface area contributed by atoms with Gasteiger partial charge in [0.1, 0.15) is 22.9 Å². The lowest BCUT2D eigenvalue weighted by Gasteiger charge is -2.34. The summed E-state index contributed by atoms with van der Waals surface area (Å²) < 4.78 is 75.8. The molecule has 0 spiro atoms. The number of amides is 2. The van der Waals surface area contributed by atoms with E-state index < -0.39 is 41.9 Å². The van der Waals surface area contributed by atoms with Crippen molar-refractivity contribution >= 4 is 40.3 Å². The van der Waals surface area contributed by atoms with Crippen molar-refractivity contribution in [3.05, 3.63) is 107 Å². The standard InChI is InChI=1S/C36H32F5N5O5.C2H2O4/c1-43(33(48)28-10-5-24(19-31(28)47)36(39,40)41)25-6-12-32(42-20-25)50-27-9-11-29-23(17-27)18-30(44(29)2)34(49)46-15-13-45(14-16-46)21-22-3-7-26(8-4-22)51-35(37)38;3-1(4)2(5)6/h3-12,17-20,35,47H,13-16,21H2,1-2H3;(H,3,4)(H,5,6). The zero-order valence-corrected chi connectivity index (χ0v) is 30.1. The molecule has 0 atom stereocenters. The molecular formula is C38H34F5N5O9. The fourth-order valence-corrected chi connectivity index (χ4v) is 5.84. The SMILES string of the molecule is CN(C(=O)c1ccc(C(F)(F)F)cc1O)c1ccc(Oc2ccc3c(c2)cc(C(=O)N2CCN(Cc4ccc(OC(F)F)cc4)CC2)n3C)nc1.O=C(O)C(=O)O. The molecule has 1 aliphatic heterocycles. The summed E-state index contributed by atoms with van der Waals surface area (Å²) in [5, 5.41) is 25.6. The fourth-order valence-electron chi connectivity index (χ4n) is 5.84. The molecule has 3 heterocycles. The van der Waals surface area contributed by atoms with E-state index >= 15 is 0 Å². The Bertz CT molecular complexity index is 2240. The van der Waals surface area contributed by atoms with Gasteiger partial charge in [0.2, 0.25) is 5.88 Å². The molecule has 0 aliphatic carbocycles. The van der Waals surface area contributed by atoms with Gasteiger partial charge < -0.3 is 39.2 Å². The number of hydrogen-bond donors (Lipinski definition) is 3. The molecule has 3 N–H and O–H groups in total. The average Bonchev–Trinajstić information content (AvgIpc) is 3.50. The minimum atomic E-state index is -4.66. The van der Waals surface area contributed by atoms with E-state index in [9.17, 15) is 36.6 Å². The van der Waals surface area contributed by atoms with Gasteiger partial charge in [-0.25, -0.2) is 14.6 Å². The third-order valence-corrected chi connectivity index (χ3v) is 8.82. The number of aryl methyl sites for hydroxylation is 1. The molecule has 57 heavy (non-hydrogen) atoms. The first-order valence-corrected chi connectivity index (χ1v) is 16.8. The summed E-state index contributed by atoms with van der Waals surface area (Å²) >= 11 is 0. The number of carbonyl (C=O) groups excluding carboxylic acids is 2. The largest absolute Gasteiger partial charge is 0.507 e. The molecule has 0 saturated carbocycles. The number of pyridine rings is 1. The van der Waals surface area contributed by atoms with Crippen molar-refractivity contribution in [3.63, 3.8) is 0 Å². The van der Waals surface area contributed by atoms with Crippen LogP contribution in [-0.2, 0) is 29.4 Å². The molecule has 0 unspecified atom stereocenters. The highest BCUT2D eigenvalue weighted by molar-refractivity contribution is 6.27. The summed E-state index contributed by atoms with van der Waals surface area (Å²) in [5.41, 5.74) is 1.23. The highest BCUT2D eigenvalue weighted by Gasteiger charge is 2.32. The number of aromatic hydroxyl groups is 1. The summed E-state index contributed by atoms with van der Waals surface area (Å²) in [6.07, 6.45) is -3.31. The van der Waals surface area contributed by atoms with Crippen molar-refractivity contribution in [1.29, 1.82) is 0 Å². The van der Waals surface area contributed by atoms with Crippen molar-refractivity contribution in [2.75, 3.05) is 38.1 Å². The molecule has 19 heteroatoms. The van der Waals surface area contributed by atoms with Crippen LogP contribution in [0.5, 0.6) is 23.1 Å². The molecule has 1 saturated heterocycles. The van der Waals surface area contributed by atoms with Gasteiger partial charge in [-0.2, -0.15) is 22.0 Å². The maximum absolute atomic E-state index is 13.5. The van der Waals surface area contributed by atoms with Gasteiger partial charge >= 0.3 is 24.7 Å². The zero-order chi connectivity index (χ0) is 41.6. The summed E-state index contributed by atoms with van der Waals surface area (Å²) in [4.78, 5) is 54.0. The second-order valence-corrected chi connectivity index (χ2v) is 12.6. The topological polar surface area (TPSA) is 175 Å². The first kappa shape index (κ1) is 41.4. The molecule has 0 radical (unpaired) electrons. The van der Waals surface area contributed by atoms with E-state index in [1.807, 2.05) is 17.7 Å². The number of nitrogens with zero attached hydrogens (tertiary/aromatic N) is 5. The minimum absolute atomic E-state index is 0.105. The van der Waals surface area contributed by atoms with Gasteiger partial charge in [0, 0.05) is 63.8 Å². The normalized spacial score (nSPS) is 13.2. The van der Waals surface area contributed by atoms with Crippen molar-refractivity contribution < 1.29 is 65.9 Å². The molecule has 1 aliphatic rings. The Morgan fingerprint density at radius 3 is 2.07 bits per heavy atom. The Balaban J connectivity index is 0.000000959. The monoisotopic (exact) mass is 799 g/mol. The van der Waals surface area contributed by atoms with Crippen LogP contribution in [0.25, 0.3) is 10.9 Å². The van der Waals surface area contributed by atoms with Crippen LogP contribution < -0.4 is 14.4 Å². The van der Waals surface area contributed by atoms with Crippen LogP contribution in [0.15, 0.2) is 85.1 Å². The van der Waals surface area contributed by atoms with Crippen LogP contribution >= 0.6 is 0 Å². The lowest BCUT2D eigenvalue weighted by molar-refractivity contribution is -0.159. The van der Waals surface area contributed by atoms with E-state index in [4.69, 9.17) is 24.5 Å². The van der Waals surface area contributed by atoms with Crippen LogP contribution in [-0.4, -0.2) is 98.3 Å². The number of phenols is 1. The summed E-state index contributed by atoms with van der Waals surface area (Å²) in [6.45, 7) is 0.0901.